The van der Waals surface area contributed by atoms with E-state index in [-0.39, 0.29) is 36.1 Å². The van der Waals surface area contributed by atoms with E-state index in [1.165, 1.54) is 44.4 Å². The second kappa shape index (κ2) is 8.47. The van der Waals surface area contributed by atoms with Crippen LogP contribution in [0.5, 0.6) is 5.75 Å². The molecule has 1 aliphatic heterocycles. The van der Waals surface area contributed by atoms with E-state index in [4.69, 9.17) is 15.3 Å². The Kier molecular flexibility index (Phi) is 6.13. The van der Waals surface area contributed by atoms with Crippen molar-refractivity contribution in [3.05, 3.63) is 53.6 Å². The van der Waals surface area contributed by atoms with Gasteiger partial charge in [0.05, 0.1) is 24.1 Å². The highest BCUT2D eigenvalue weighted by molar-refractivity contribution is 7.89. The van der Waals surface area contributed by atoms with Crippen molar-refractivity contribution >= 4 is 27.6 Å². The molecule has 2 heterocycles. The number of benzene rings is 1. The first-order valence-corrected chi connectivity index (χ1v) is 10.8. The molecule has 31 heavy (non-hydrogen) atoms. The van der Waals surface area contributed by atoms with Crippen LogP contribution in [0.15, 0.2) is 36.5 Å². The van der Waals surface area contributed by atoms with Gasteiger partial charge in [0.15, 0.2) is 0 Å². The number of amides is 1. The zero-order chi connectivity index (χ0) is 22.8. The van der Waals surface area contributed by atoms with Gasteiger partial charge in [0.25, 0.3) is 5.91 Å². The number of pyridine rings is 1. The Morgan fingerprint density at radius 1 is 1.42 bits per heavy atom. The van der Waals surface area contributed by atoms with Gasteiger partial charge in [0, 0.05) is 18.3 Å². The first kappa shape index (κ1) is 22.4. The molecule has 0 saturated carbocycles. The molecule has 10 nitrogen and oxygen atoms in total. The summed E-state index contributed by atoms with van der Waals surface area (Å²) in [6.07, 6.45) is 1.33. The average molecular weight is 451 g/mol. The van der Waals surface area contributed by atoms with Crippen LogP contribution in [0.4, 0.5) is 10.1 Å². The topological polar surface area (TPSA) is 145 Å². The summed E-state index contributed by atoms with van der Waals surface area (Å²) in [5, 5.41) is 22.0. The quantitative estimate of drug-likeness (QED) is 0.510. The third-order valence-electron chi connectivity index (χ3n) is 4.75. The summed E-state index contributed by atoms with van der Waals surface area (Å²) < 4.78 is 45.3. The van der Waals surface area contributed by atoms with Gasteiger partial charge >= 0.3 is 0 Å². The summed E-state index contributed by atoms with van der Waals surface area (Å²) in [6.45, 7) is 1.42. The number of carbonyl (C=O) groups excluding carboxylic acids is 1. The number of aliphatic hydroxyl groups excluding tert-OH is 1. The van der Waals surface area contributed by atoms with Crippen LogP contribution in [-0.4, -0.2) is 60.7 Å². The summed E-state index contributed by atoms with van der Waals surface area (Å²) in [5.41, 5.74) is -1.10. The van der Waals surface area contributed by atoms with E-state index in [0.717, 1.165) is 10.4 Å². The highest BCUT2D eigenvalue weighted by Gasteiger charge is 2.43. The number of nitrogens with zero attached hydrogens (tertiary/aromatic N) is 2. The van der Waals surface area contributed by atoms with Crippen molar-refractivity contribution < 1.29 is 27.4 Å². The maximum atomic E-state index is 14.6. The van der Waals surface area contributed by atoms with E-state index < -0.39 is 33.0 Å². The van der Waals surface area contributed by atoms with Crippen LogP contribution in [0.1, 0.15) is 23.0 Å². The second-order valence-electron chi connectivity index (χ2n) is 7.13. The number of sulfonamides is 1. The number of aliphatic hydroxyl groups is 1. The molecule has 0 unspecified atom stereocenters. The van der Waals surface area contributed by atoms with Gasteiger partial charge in [-0.25, -0.2) is 22.1 Å². The van der Waals surface area contributed by atoms with Crippen molar-refractivity contribution in [2.24, 2.45) is 0 Å². The molecule has 166 valence electrons. The number of guanidine groups is 1. The van der Waals surface area contributed by atoms with Gasteiger partial charge in [-0.15, -0.1) is 0 Å². The summed E-state index contributed by atoms with van der Waals surface area (Å²) in [5.74, 6) is -1.70. The fourth-order valence-electron chi connectivity index (χ4n) is 3.11. The SMILES string of the molecule is CN1C(=N)N[C@](C)(c2cc(NC(=O)c3ccc(OCCO)cn3)ccc2F)CS1(=O)=O. The zero-order valence-electron chi connectivity index (χ0n) is 16.8. The van der Waals surface area contributed by atoms with E-state index in [1.54, 1.807) is 0 Å². The molecule has 0 aliphatic carbocycles. The minimum Gasteiger partial charge on any atom is -0.490 e. The predicted octanol–water partition coefficient (Wildman–Crippen LogP) is 0.859. The van der Waals surface area contributed by atoms with E-state index >= 15 is 0 Å². The van der Waals surface area contributed by atoms with Crippen LogP contribution in [0, 0.1) is 11.2 Å². The van der Waals surface area contributed by atoms with Gasteiger partial charge in [-0.3, -0.25) is 10.2 Å². The molecule has 1 aromatic heterocycles. The second-order valence-corrected chi connectivity index (χ2v) is 9.13. The Morgan fingerprint density at radius 3 is 2.77 bits per heavy atom. The smallest absolute Gasteiger partial charge is 0.274 e. The molecule has 1 aromatic carbocycles. The minimum absolute atomic E-state index is 0.00700. The van der Waals surface area contributed by atoms with E-state index in [2.05, 4.69) is 15.6 Å². The Hall–Kier alpha value is -3.25. The van der Waals surface area contributed by atoms with Gasteiger partial charge in [0.2, 0.25) is 16.0 Å². The van der Waals surface area contributed by atoms with Crippen molar-refractivity contribution in [2.75, 3.05) is 31.3 Å². The summed E-state index contributed by atoms with van der Waals surface area (Å²) in [7, 11) is -2.58. The number of aromatic nitrogens is 1. The van der Waals surface area contributed by atoms with Gasteiger partial charge in [-0.2, -0.15) is 0 Å². The number of hydrogen-bond acceptors (Lipinski definition) is 7. The molecule has 0 radical (unpaired) electrons. The highest BCUT2D eigenvalue weighted by atomic mass is 32.2. The highest BCUT2D eigenvalue weighted by Crippen LogP contribution is 2.31. The lowest BCUT2D eigenvalue weighted by molar-refractivity contribution is 0.102. The lowest BCUT2D eigenvalue weighted by Crippen LogP contribution is -2.61. The first-order valence-electron chi connectivity index (χ1n) is 9.20. The molecule has 2 aromatic rings. The van der Waals surface area contributed by atoms with Crippen LogP contribution in [0.3, 0.4) is 0 Å². The summed E-state index contributed by atoms with van der Waals surface area (Å²) in [4.78, 5) is 16.5. The standard InChI is InChI=1S/C19H22FN5O5S/c1-19(11-31(28,29)25(2)18(21)24-19)14-9-12(3-5-15(14)20)23-17(27)16-6-4-13(10-22-16)30-8-7-26/h3-6,9-10,26H,7-8,11H2,1-2H3,(H2,21,24)(H,23,27)/t19-/m0/s1. The van der Waals surface area contributed by atoms with Crippen LogP contribution < -0.4 is 15.4 Å². The van der Waals surface area contributed by atoms with E-state index in [9.17, 15) is 17.6 Å². The number of nitrogens with one attached hydrogen (secondary N) is 3. The third kappa shape index (κ3) is 4.75. The number of hydrogen-bond donors (Lipinski definition) is 4. The molecule has 3 rings (SSSR count). The lowest BCUT2D eigenvalue weighted by Gasteiger charge is -2.40. The maximum Gasteiger partial charge on any atom is 0.274 e. The van der Waals surface area contributed by atoms with Crippen LogP contribution in [0.25, 0.3) is 0 Å². The van der Waals surface area contributed by atoms with Gasteiger partial charge in [-0.1, -0.05) is 0 Å². The van der Waals surface area contributed by atoms with Crippen LogP contribution in [-0.2, 0) is 15.6 Å². The van der Waals surface area contributed by atoms with Gasteiger partial charge in [0.1, 0.15) is 23.9 Å². The number of anilines is 1. The lowest BCUT2D eigenvalue weighted by atomic mass is 9.93. The fraction of sp³-hybridized carbons (Fsp3) is 0.316. The number of halogens is 1. The Balaban J connectivity index is 1.83. The van der Waals surface area contributed by atoms with Crippen molar-refractivity contribution in [1.82, 2.24) is 14.6 Å². The molecule has 1 saturated heterocycles. The Morgan fingerprint density at radius 2 is 2.16 bits per heavy atom. The molecular formula is C19H22FN5O5S. The molecule has 4 N–H and O–H groups in total. The van der Waals surface area contributed by atoms with Crippen molar-refractivity contribution in [1.29, 1.82) is 5.41 Å². The van der Waals surface area contributed by atoms with Gasteiger partial charge in [-0.05, 0) is 37.3 Å². The molecule has 1 atom stereocenters. The maximum absolute atomic E-state index is 14.6. The molecular weight excluding hydrogens is 429 g/mol. The molecule has 0 spiro atoms. The number of rotatable bonds is 6. The largest absolute Gasteiger partial charge is 0.490 e. The monoisotopic (exact) mass is 451 g/mol. The first-order chi connectivity index (χ1) is 14.6. The molecule has 1 fully saturated rings. The van der Waals surface area contributed by atoms with Crippen molar-refractivity contribution in [3.8, 4) is 5.75 Å². The predicted molar refractivity (Wildman–Crippen MR) is 111 cm³/mol. The van der Waals surface area contributed by atoms with E-state index in [1.807, 2.05) is 0 Å². The molecule has 12 heteroatoms. The van der Waals surface area contributed by atoms with Crippen molar-refractivity contribution in [2.45, 2.75) is 12.5 Å². The summed E-state index contributed by atoms with van der Waals surface area (Å²) >= 11 is 0. The molecule has 1 aliphatic rings. The molecule has 0 bridgehead atoms. The normalized spacial score (nSPS) is 20.1. The van der Waals surface area contributed by atoms with Crippen LogP contribution in [0.2, 0.25) is 0 Å². The zero-order valence-corrected chi connectivity index (χ0v) is 17.7. The molecule has 1 amide bonds. The Labute approximate surface area is 178 Å². The summed E-state index contributed by atoms with van der Waals surface area (Å²) in [6, 6.07) is 6.74. The Bertz CT molecular complexity index is 1110. The third-order valence-corrected chi connectivity index (χ3v) is 6.70. The average Bonchev–Trinajstić information content (AvgIpc) is 2.71. The fourth-order valence-corrected chi connectivity index (χ4v) is 4.58. The van der Waals surface area contributed by atoms with Crippen LogP contribution >= 0.6 is 0 Å². The number of carbonyl (C=O) groups is 1. The van der Waals surface area contributed by atoms with E-state index in [0.29, 0.717) is 5.75 Å². The van der Waals surface area contributed by atoms with Gasteiger partial charge < -0.3 is 20.5 Å². The minimum atomic E-state index is -3.82. The number of ether oxygens (including phenoxy) is 1. The van der Waals surface area contributed by atoms with Crippen molar-refractivity contribution in [3.63, 3.8) is 0 Å².